The molecule has 1 aromatic heterocycles. The Bertz CT molecular complexity index is 480. The fourth-order valence-electron chi connectivity index (χ4n) is 2.18. The van der Waals surface area contributed by atoms with Crippen molar-refractivity contribution in [3.05, 3.63) is 52.2 Å². The Hall–Kier alpha value is -1.32. The smallest absolute Gasteiger partial charge is 0.122 e. The lowest BCUT2D eigenvalue weighted by atomic mass is 9.90. The van der Waals surface area contributed by atoms with Crippen LogP contribution in [0.3, 0.4) is 0 Å². The fourth-order valence-corrected chi connectivity index (χ4v) is 2.89. The summed E-state index contributed by atoms with van der Waals surface area (Å²) in [6, 6.07) is 10.3. The third-order valence-electron chi connectivity index (χ3n) is 3.10. The van der Waals surface area contributed by atoms with Crippen molar-refractivity contribution in [1.82, 2.24) is 0 Å². The molecule has 0 amide bonds. The number of para-hydroxylation sites is 1. The molecule has 0 saturated heterocycles. The van der Waals surface area contributed by atoms with E-state index in [1.54, 1.807) is 11.3 Å². The van der Waals surface area contributed by atoms with E-state index >= 15 is 0 Å². The van der Waals surface area contributed by atoms with Crippen LogP contribution in [0, 0.1) is 0 Å². The number of hydrogen-bond acceptors (Lipinski definition) is 3. The first-order valence-electron chi connectivity index (χ1n) is 5.35. The summed E-state index contributed by atoms with van der Waals surface area (Å²) in [6.07, 6.45) is 0. The van der Waals surface area contributed by atoms with Crippen molar-refractivity contribution in [2.24, 2.45) is 5.73 Å². The molecule has 2 nitrogen and oxygen atoms in total. The Morgan fingerprint density at radius 1 is 1.31 bits per heavy atom. The van der Waals surface area contributed by atoms with Crippen molar-refractivity contribution in [2.45, 2.75) is 12.0 Å². The first-order chi connectivity index (χ1) is 7.86. The second-order valence-electron chi connectivity index (χ2n) is 4.04. The molecule has 0 fully saturated rings. The predicted octanol–water partition coefficient (Wildman–Crippen LogP) is 2.92. The van der Waals surface area contributed by atoms with Gasteiger partial charge in [0.2, 0.25) is 0 Å². The molecule has 2 atom stereocenters. The monoisotopic (exact) mass is 231 g/mol. The zero-order valence-corrected chi connectivity index (χ0v) is 9.61. The van der Waals surface area contributed by atoms with Gasteiger partial charge in [-0.05, 0) is 28.5 Å². The summed E-state index contributed by atoms with van der Waals surface area (Å²) in [5.74, 6) is 1.27. The molecule has 2 aromatic rings. The van der Waals surface area contributed by atoms with E-state index in [2.05, 4.69) is 22.9 Å². The summed E-state index contributed by atoms with van der Waals surface area (Å²) in [7, 11) is 0. The Morgan fingerprint density at radius 3 is 3.00 bits per heavy atom. The Labute approximate surface area is 98.7 Å². The van der Waals surface area contributed by atoms with Gasteiger partial charge in [0.05, 0.1) is 6.61 Å². The minimum atomic E-state index is 0.0369. The molecular weight excluding hydrogens is 218 g/mol. The first-order valence-corrected chi connectivity index (χ1v) is 6.30. The quantitative estimate of drug-likeness (QED) is 0.862. The third-order valence-corrected chi connectivity index (χ3v) is 3.80. The second-order valence-corrected chi connectivity index (χ2v) is 4.82. The van der Waals surface area contributed by atoms with E-state index in [9.17, 15) is 0 Å². The predicted molar refractivity (Wildman–Crippen MR) is 65.9 cm³/mol. The van der Waals surface area contributed by atoms with Crippen molar-refractivity contribution >= 4 is 11.3 Å². The molecular formula is C13H13NOS. The van der Waals surface area contributed by atoms with E-state index in [-0.39, 0.29) is 12.0 Å². The van der Waals surface area contributed by atoms with Gasteiger partial charge in [-0.15, -0.1) is 0 Å². The molecule has 2 N–H and O–H groups in total. The number of fused-ring (bicyclic) bond motifs is 1. The lowest BCUT2D eigenvalue weighted by Crippen LogP contribution is -2.20. The molecule has 2 unspecified atom stereocenters. The Balaban J connectivity index is 1.93. The van der Waals surface area contributed by atoms with Crippen LogP contribution in [0.4, 0.5) is 0 Å². The largest absolute Gasteiger partial charge is 0.493 e. The maximum atomic E-state index is 6.29. The van der Waals surface area contributed by atoms with E-state index < -0.39 is 0 Å². The topological polar surface area (TPSA) is 35.2 Å². The molecule has 0 spiro atoms. The molecule has 1 aliphatic heterocycles. The van der Waals surface area contributed by atoms with Crippen molar-refractivity contribution in [3.63, 3.8) is 0 Å². The van der Waals surface area contributed by atoms with E-state index in [0.717, 1.165) is 5.75 Å². The Kier molecular flexibility index (Phi) is 2.42. The summed E-state index contributed by atoms with van der Waals surface area (Å²) in [5, 5.41) is 4.18. The number of ether oxygens (including phenoxy) is 1. The van der Waals surface area contributed by atoms with E-state index in [1.165, 1.54) is 11.1 Å². The number of thiophene rings is 1. The summed E-state index contributed by atoms with van der Waals surface area (Å²) in [6.45, 7) is 0.691. The standard InChI is InChI=1S/C13H13NOS/c14-13(9-5-6-16-8-9)11-7-15-12-4-2-1-3-10(11)12/h1-6,8,11,13H,7,14H2. The van der Waals surface area contributed by atoms with Gasteiger partial charge in [0.25, 0.3) is 0 Å². The van der Waals surface area contributed by atoms with Gasteiger partial charge >= 0.3 is 0 Å². The van der Waals surface area contributed by atoms with E-state index in [0.29, 0.717) is 6.61 Å². The van der Waals surface area contributed by atoms with Crippen molar-refractivity contribution in [3.8, 4) is 5.75 Å². The van der Waals surface area contributed by atoms with Crippen molar-refractivity contribution in [1.29, 1.82) is 0 Å². The minimum Gasteiger partial charge on any atom is -0.493 e. The van der Waals surface area contributed by atoms with Gasteiger partial charge in [-0.2, -0.15) is 11.3 Å². The van der Waals surface area contributed by atoms with Gasteiger partial charge in [-0.25, -0.2) is 0 Å². The highest BCUT2D eigenvalue weighted by Crippen LogP contribution is 2.40. The van der Waals surface area contributed by atoms with Crippen LogP contribution in [0.2, 0.25) is 0 Å². The molecule has 16 heavy (non-hydrogen) atoms. The molecule has 0 aliphatic carbocycles. The maximum Gasteiger partial charge on any atom is 0.122 e. The lowest BCUT2D eigenvalue weighted by Gasteiger charge is -2.17. The fraction of sp³-hybridized carbons (Fsp3) is 0.231. The van der Waals surface area contributed by atoms with Gasteiger partial charge in [-0.1, -0.05) is 18.2 Å². The average molecular weight is 231 g/mol. The van der Waals surface area contributed by atoms with Crippen molar-refractivity contribution in [2.75, 3.05) is 6.61 Å². The summed E-state index contributed by atoms with van der Waals surface area (Å²) in [5.41, 5.74) is 8.73. The summed E-state index contributed by atoms with van der Waals surface area (Å²) >= 11 is 1.69. The zero-order valence-electron chi connectivity index (χ0n) is 8.80. The minimum absolute atomic E-state index is 0.0369. The third kappa shape index (κ3) is 1.52. The molecule has 82 valence electrons. The van der Waals surface area contributed by atoms with Crippen LogP contribution >= 0.6 is 11.3 Å². The molecule has 3 heteroatoms. The van der Waals surface area contributed by atoms with Crippen LogP contribution in [0.25, 0.3) is 0 Å². The van der Waals surface area contributed by atoms with Gasteiger partial charge < -0.3 is 10.5 Å². The SMILES string of the molecule is NC(c1ccsc1)C1COc2ccccc21. The normalized spacial score (nSPS) is 20.2. The number of nitrogens with two attached hydrogens (primary N) is 1. The van der Waals surface area contributed by atoms with Gasteiger partial charge in [-0.3, -0.25) is 0 Å². The van der Waals surface area contributed by atoms with Crippen LogP contribution in [0.5, 0.6) is 5.75 Å². The van der Waals surface area contributed by atoms with Gasteiger partial charge in [0.15, 0.2) is 0 Å². The second kappa shape index (κ2) is 3.92. The molecule has 1 aliphatic rings. The van der Waals surface area contributed by atoms with E-state index in [4.69, 9.17) is 10.5 Å². The Morgan fingerprint density at radius 2 is 2.19 bits per heavy atom. The van der Waals surface area contributed by atoms with Gasteiger partial charge in [0.1, 0.15) is 5.75 Å². The molecule has 2 heterocycles. The molecule has 0 saturated carbocycles. The highest BCUT2D eigenvalue weighted by molar-refractivity contribution is 7.07. The number of hydrogen-bond donors (Lipinski definition) is 1. The van der Waals surface area contributed by atoms with Crippen LogP contribution < -0.4 is 10.5 Å². The molecule has 1 aromatic carbocycles. The summed E-state index contributed by atoms with van der Waals surface area (Å²) < 4.78 is 5.65. The molecule has 3 rings (SSSR count). The van der Waals surface area contributed by atoms with Gasteiger partial charge in [0, 0.05) is 17.5 Å². The zero-order chi connectivity index (χ0) is 11.0. The van der Waals surface area contributed by atoms with Crippen LogP contribution in [-0.2, 0) is 0 Å². The maximum absolute atomic E-state index is 6.29. The van der Waals surface area contributed by atoms with Crippen molar-refractivity contribution < 1.29 is 4.74 Å². The average Bonchev–Trinajstić information content (AvgIpc) is 2.98. The number of rotatable bonds is 2. The van der Waals surface area contributed by atoms with Crippen LogP contribution in [-0.4, -0.2) is 6.61 Å². The lowest BCUT2D eigenvalue weighted by molar-refractivity contribution is 0.315. The highest BCUT2D eigenvalue weighted by Gasteiger charge is 2.29. The van der Waals surface area contributed by atoms with Crippen LogP contribution in [0.15, 0.2) is 41.1 Å². The molecule has 0 radical (unpaired) electrons. The highest BCUT2D eigenvalue weighted by atomic mass is 32.1. The summed E-state index contributed by atoms with van der Waals surface area (Å²) in [4.78, 5) is 0. The van der Waals surface area contributed by atoms with E-state index in [1.807, 2.05) is 18.2 Å². The van der Waals surface area contributed by atoms with Crippen LogP contribution in [0.1, 0.15) is 23.1 Å². The number of benzene rings is 1. The first kappa shape index (κ1) is 9.87. The molecule has 0 bridgehead atoms.